The minimum atomic E-state index is 0.0239. The van der Waals surface area contributed by atoms with Crippen LogP contribution in [0.15, 0.2) is 18.2 Å². The molecule has 2 heteroatoms. The lowest BCUT2D eigenvalue weighted by Crippen LogP contribution is -2.28. The van der Waals surface area contributed by atoms with Gasteiger partial charge in [0.1, 0.15) is 0 Å². The molecule has 1 aromatic carbocycles. The van der Waals surface area contributed by atoms with E-state index in [1.54, 1.807) is 0 Å². The fraction of sp³-hybridized carbons (Fsp3) is 0.429. The lowest BCUT2D eigenvalue weighted by Gasteiger charge is -2.23. The van der Waals surface area contributed by atoms with Crippen molar-refractivity contribution in [1.82, 2.24) is 4.98 Å². The molecule has 0 aliphatic heterocycles. The summed E-state index contributed by atoms with van der Waals surface area (Å²) in [4.78, 5) is 3.48. The van der Waals surface area contributed by atoms with Crippen molar-refractivity contribution >= 4 is 10.9 Å². The van der Waals surface area contributed by atoms with Crippen LogP contribution in [0.3, 0.4) is 0 Å². The monoisotopic (exact) mass is 216 g/mol. The van der Waals surface area contributed by atoms with Crippen molar-refractivity contribution in [3.8, 4) is 0 Å². The van der Waals surface area contributed by atoms with E-state index >= 15 is 0 Å². The summed E-state index contributed by atoms with van der Waals surface area (Å²) >= 11 is 0. The Kier molecular flexibility index (Phi) is 2.55. The van der Waals surface area contributed by atoms with E-state index in [1.165, 1.54) is 27.7 Å². The molecule has 0 spiro atoms. The molecule has 0 unspecified atom stereocenters. The lowest BCUT2D eigenvalue weighted by atomic mass is 9.83. The van der Waals surface area contributed by atoms with E-state index < -0.39 is 0 Å². The number of aryl methyl sites for hydroxylation is 2. The lowest BCUT2D eigenvalue weighted by molar-refractivity contribution is 0.540. The summed E-state index contributed by atoms with van der Waals surface area (Å²) < 4.78 is 0. The zero-order valence-electron chi connectivity index (χ0n) is 10.5. The summed E-state index contributed by atoms with van der Waals surface area (Å²) in [6.45, 7) is 9.33. The third-order valence-corrected chi connectivity index (χ3v) is 3.42. The van der Waals surface area contributed by atoms with E-state index in [9.17, 15) is 0 Å². The molecule has 86 valence electrons. The number of H-pyrrole nitrogens is 1. The number of rotatable bonds is 2. The van der Waals surface area contributed by atoms with E-state index in [-0.39, 0.29) is 5.41 Å². The van der Waals surface area contributed by atoms with Gasteiger partial charge in [0, 0.05) is 28.6 Å². The van der Waals surface area contributed by atoms with Gasteiger partial charge in [-0.3, -0.25) is 0 Å². The second kappa shape index (κ2) is 3.63. The zero-order chi connectivity index (χ0) is 11.9. The SMILES string of the molecule is Cc1[nH]c2c(C)cccc2c1C(C)(C)CN. The van der Waals surface area contributed by atoms with Crippen LogP contribution in [-0.4, -0.2) is 11.5 Å². The normalized spacial score (nSPS) is 12.3. The quantitative estimate of drug-likeness (QED) is 0.796. The third-order valence-electron chi connectivity index (χ3n) is 3.42. The van der Waals surface area contributed by atoms with Crippen LogP contribution in [0.1, 0.15) is 30.7 Å². The number of nitrogens with two attached hydrogens (primary N) is 1. The highest BCUT2D eigenvalue weighted by atomic mass is 14.7. The Morgan fingerprint density at radius 2 is 1.94 bits per heavy atom. The van der Waals surface area contributed by atoms with E-state index in [0.29, 0.717) is 6.54 Å². The summed E-state index contributed by atoms with van der Waals surface area (Å²) in [5.74, 6) is 0. The van der Waals surface area contributed by atoms with Crippen LogP contribution in [0.5, 0.6) is 0 Å². The molecule has 2 aromatic rings. The summed E-state index contributed by atoms with van der Waals surface area (Å²) in [7, 11) is 0. The topological polar surface area (TPSA) is 41.8 Å². The number of nitrogens with one attached hydrogen (secondary N) is 1. The molecule has 0 fully saturated rings. The molecule has 0 saturated carbocycles. The number of fused-ring (bicyclic) bond motifs is 1. The Morgan fingerprint density at radius 1 is 1.25 bits per heavy atom. The minimum absolute atomic E-state index is 0.0239. The van der Waals surface area contributed by atoms with Crippen molar-refractivity contribution in [3.63, 3.8) is 0 Å². The van der Waals surface area contributed by atoms with Gasteiger partial charge < -0.3 is 10.7 Å². The number of aromatic nitrogens is 1. The largest absolute Gasteiger partial charge is 0.358 e. The molecule has 1 aromatic heterocycles. The predicted octanol–water partition coefficient (Wildman–Crippen LogP) is 3.02. The summed E-state index contributed by atoms with van der Waals surface area (Å²) in [6.07, 6.45) is 0. The highest BCUT2D eigenvalue weighted by Gasteiger charge is 2.25. The molecule has 3 N–H and O–H groups in total. The standard InChI is InChI=1S/C14H20N2/c1-9-6-5-7-11-12(14(3,4)8-15)10(2)16-13(9)11/h5-7,16H,8,15H2,1-4H3. The average Bonchev–Trinajstić information content (AvgIpc) is 2.57. The Balaban J connectivity index is 2.80. The van der Waals surface area contributed by atoms with Gasteiger partial charge in [0.15, 0.2) is 0 Å². The Morgan fingerprint density at radius 3 is 2.56 bits per heavy atom. The van der Waals surface area contributed by atoms with Gasteiger partial charge >= 0.3 is 0 Å². The van der Waals surface area contributed by atoms with Crippen molar-refractivity contribution in [2.24, 2.45) is 5.73 Å². The number of hydrogen-bond donors (Lipinski definition) is 2. The Bertz CT molecular complexity index is 521. The first-order valence-corrected chi connectivity index (χ1v) is 5.76. The van der Waals surface area contributed by atoms with E-state index in [4.69, 9.17) is 5.73 Å². The molecule has 2 rings (SSSR count). The van der Waals surface area contributed by atoms with Gasteiger partial charge in [-0.05, 0) is 25.0 Å². The first-order chi connectivity index (χ1) is 7.47. The number of benzene rings is 1. The van der Waals surface area contributed by atoms with Gasteiger partial charge in [0.2, 0.25) is 0 Å². The third kappa shape index (κ3) is 1.54. The molecule has 0 bridgehead atoms. The summed E-state index contributed by atoms with van der Waals surface area (Å²) in [5, 5.41) is 1.31. The summed E-state index contributed by atoms with van der Waals surface area (Å²) in [5.41, 5.74) is 11.0. The van der Waals surface area contributed by atoms with Gasteiger partial charge in [0.05, 0.1) is 0 Å². The maximum absolute atomic E-state index is 5.88. The molecule has 0 saturated heterocycles. The van der Waals surface area contributed by atoms with E-state index in [1.807, 2.05) is 0 Å². The van der Waals surface area contributed by atoms with Crippen molar-refractivity contribution in [2.45, 2.75) is 33.1 Å². The molecule has 2 nitrogen and oxygen atoms in total. The molecule has 0 aliphatic rings. The zero-order valence-corrected chi connectivity index (χ0v) is 10.5. The minimum Gasteiger partial charge on any atom is -0.358 e. The Labute approximate surface area is 96.9 Å². The van der Waals surface area contributed by atoms with Gasteiger partial charge in [-0.2, -0.15) is 0 Å². The van der Waals surface area contributed by atoms with Crippen molar-refractivity contribution in [1.29, 1.82) is 0 Å². The predicted molar refractivity (Wildman–Crippen MR) is 69.9 cm³/mol. The highest BCUT2D eigenvalue weighted by molar-refractivity contribution is 5.88. The second-order valence-corrected chi connectivity index (χ2v) is 5.21. The van der Waals surface area contributed by atoms with Gasteiger partial charge in [-0.15, -0.1) is 0 Å². The molecular formula is C14H20N2. The Hall–Kier alpha value is -1.28. The van der Waals surface area contributed by atoms with Crippen molar-refractivity contribution in [2.75, 3.05) is 6.54 Å². The fourth-order valence-corrected chi connectivity index (χ4v) is 2.47. The van der Waals surface area contributed by atoms with Crippen LogP contribution in [0, 0.1) is 13.8 Å². The second-order valence-electron chi connectivity index (χ2n) is 5.21. The van der Waals surface area contributed by atoms with Crippen LogP contribution in [0.2, 0.25) is 0 Å². The van der Waals surface area contributed by atoms with Crippen molar-refractivity contribution in [3.05, 3.63) is 35.0 Å². The van der Waals surface area contributed by atoms with Crippen LogP contribution in [0.25, 0.3) is 10.9 Å². The fourth-order valence-electron chi connectivity index (χ4n) is 2.47. The molecule has 0 amide bonds. The number of para-hydroxylation sites is 1. The molecule has 16 heavy (non-hydrogen) atoms. The van der Waals surface area contributed by atoms with E-state index in [0.717, 1.165) is 0 Å². The number of aromatic amines is 1. The molecule has 0 aliphatic carbocycles. The molecular weight excluding hydrogens is 196 g/mol. The smallest absolute Gasteiger partial charge is 0.0488 e. The van der Waals surface area contributed by atoms with Crippen molar-refractivity contribution < 1.29 is 0 Å². The van der Waals surface area contributed by atoms with Gasteiger partial charge in [-0.1, -0.05) is 32.0 Å². The van der Waals surface area contributed by atoms with Crippen LogP contribution < -0.4 is 5.73 Å². The maximum Gasteiger partial charge on any atom is 0.0488 e. The van der Waals surface area contributed by atoms with Gasteiger partial charge in [-0.25, -0.2) is 0 Å². The van der Waals surface area contributed by atoms with Gasteiger partial charge in [0.25, 0.3) is 0 Å². The summed E-state index contributed by atoms with van der Waals surface area (Å²) in [6, 6.07) is 6.43. The van der Waals surface area contributed by atoms with E-state index in [2.05, 4.69) is 50.9 Å². The molecule has 0 radical (unpaired) electrons. The van der Waals surface area contributed by atoms with Crippen LogP contribution in [-0.2, 0) is 5.41 Å². The molecule has 1 heterocycles. The average molecular weight is 216 g/mol. The molecule has 0 atom stereocenters. The highest BCUT2D eigenvalue weighted by Crippen LogP contribution is 2.33. The number of hydrogen-bond acceptors (Lipinski definition) is 1. The van der Waals surface area contributed by atoms with Crippen LogP contribution in [0.4, 0.5) is 0 Å². The first kappa shape index (κ1) is 11.2. The maximum atomic E-state index is 5.88. The first-order valence-electron chi connectivity index (χ1n) is 5.76. The van der Waals surface area contributed by atoms with Crippen LogP contribution >= 0.6 is 0 Å².